The van der Waals surface area contributed by atoms with Crippen molar-refractivity contribution in [2.75, 3.05) is 31.0 Å². The minimum atomic E-state index is -0.711. The highest BCUT2D eigenvalue weighted by molar-refractivity contribution is 5.69. The van der Waals surface area contributed by atoms with Gasteiger partial charge in [-0.3, -0.25) is 0 Å². The summed E-state index contributed by atoms with van der Waals surface area (Å²) >= 11 is 0. The van der Waals surface area contributed by atoms with E-state index in [1.165, 1.54) is 23.4 Å². The number of hydrogen-bond donors (Lipinski definition) is 3. The molecule has 226 valence electrons. The summed E-state index contributed by atoms with van der Waals surface area (Å²) in [5.74, 6) is -0.203. The van der Waals surface area contributed by atoms with Crippen molar-refractivity contribution >= 4 is 23.4 Å². The van der Waals surface area contributed by atoms with E-state index in [0.29, 0.717) is 24.4 Å². The number of carbonyl (C=O) groups excluding carboxylic acids is 1. The van der Waals surface area contributed by atoms with E-state index in [4.69, 9.17) is 14.2 Å². The number of alkyl carbamates (subject to hydrolysis) is 1. The summed E-state index contributed by atoms with van der Waals surface area (Å²) in [5.41, 5.74) is 0.182. The lowest BCUT2D eigenvalue weighted by atomic mass is 9.98. The van der Waals surface area contributed by atoms with Crippen molar-refractivity contribution in [1.29, 1.82) is 5.26 Å². The van der Waals surface area contributed by atoms with Gasteiger partial charge in [0.2, 0.25) is 5.88 Å². The maximum absolute atomic E-state index is 15.2. The highest BCUT2D eigenvalue weighted by atomic mass is 19.1. The van der Waals surface area contributed by atoms with Crippen LogP contribution in [0.5, 0.6) is 5.88 Å². The van der Waals surface area contributed by atoms with Gasteiger partial charge >= 0.3 is 6.09 Å². The summed E-state index contributed by atoms with van der Waals surface area (Å²) in [5, 5.41) is 27.0. The molecule has 0 aliphatic carbocycles. The van der Waals surface area contributed by atoms with Crippen molar-refractivity contribution in [2.24, 2.45) is 5.92 Å². The van der Waals surface area contributed by atoms with E-state index in [0.717, 1.165) is 6.07 Å². The van der Waals surface area contributed by atoms with Crippen molar-refractivity contribution in [3.05, 3.63) is 42.1 Å². The predicted octanol–water partition coefficient (Wildman–Crippen LogP) is 4.58. The molecule has 3 heterocycles. The Morgan fingerprint density at radius 3 is 2.48 bits per heavy atom. The molecule has 14 heteroatoms. The zero-order chi connectivity index (χ0) is 30.9. The molecule has 0 aliphatic rings. The second kappa shape index (κ2) is 14.4. The number of amides is 1. The molecule has 3 N–H and O–H groups in total. The quantitative estimate of drug-likeness (QED) is 0.242. The summed E-state index contributed by atoms with van der Waals surface area (Å²) in [6, 6.07) is 3.91. The summed E-state index contributed by atoms with van der Waals surface area (Å²) in [6.07, 6.45) is 4.53. The topological polar surface area (TPSA) is 161 Å². The van der Waals surface area contributed by atoms with Gasteiger partial charge in [0, 0.05) is 19.2 Å². The standard InChI is InChI=1S/C28H38FN9O4/c1-17(2)12-22(18(3)34-27(39)42-28(4,5)6)36-25-21(29)13-19(15-30)24(37-25)35-20-14-23(38-32-8-9-33-38)26(31-16-20)41-11-10-40-7/h8-9,13-14,16-18,22H,10-12H2,1-7H3,(H,34,39)(H2,35,36,37)/t18-,22+/m0/s1. The van der Waals surface area contributed by atoms with Crippen LogP contribution in [0.25, 0.3) is 5.69 Å². The molecule has 3 aromatic heterocycles. The molecule has 0 aliphatic heterocycles. The Balaban J connectivity index is 1.89. The van der Waals surface area contributed by atoms with E-state index in [1.807, 2.05) is 19.9 Å². The first kappa shape index (κ1) is 32.0. The zero-order valence-electron chi connectivity index (χ0n) is 24.9. The van der Waals surface area contributed by atoms with Crippen LogP contribution >= 0.6 is 0 Å². The third-order valence-electron chi connectivity index (χ3n) is 5.75. The molecular formula is C28H38FN9O4. The number of anilines is 3. The highest BCUT2D eigenvalue weighted by Crippen LogP contribution is 2.28. The van der Waals surface area contributed by atoms with E-state index in [-0.39, 0.29) is 35.6 Å². The molecule has 13 nitrogen and oxygen atoms in total. The molecule has 0 aromatic carbocycles. The van der Waals surface area contributed by atoms with Gasteiger partial charge in [-0.15, -0.1) is 4.80 Å². The van der Waals surface area contributed by atoms with Gasteiger partial charge in [0.15, 0.2) is 17.5 Å². The Hall–Kier alpha value is -4.51. The number of ether oxygens (including phenoxy) is 3. The summed E-state index contributed by atoms with van der Waals surface area (Å²) in [7, 11) is 1.56. The van der Waals surface area contributed by atoms with Crippen LogP contribution in [0.1, 0.15) is 53.5 Å². The number of nitriles is 1. The van der Waals surface area contributed by atoms with Crippen LogP contribution in [0, 0.1) is 23.1 Å². The predicted molar refractivity (Wildman–Crippen MR) is 154 cm³/mol. The van der Waals surface area contributed by atoms with E-state index in [1.54, 1.807) is 40.9 Å². The van der Waals surface area contributed by atoms with Gasteiger partial charge in [0.05, 0.1) is 36.4 Å². The number of nitrogens with one attached hydrogen (secondary N) is 3. The Kier molecular flexibility index (Phi) is 11.0. The second-order valence-corrected chi connectivity index (χ2v) is 11.0. The lowest BCUT2D eigenvalue weighted by molar-refractivity contribution is 0.0501. The first-order chi connectivity index (χ1) is 19.9. The first-order valence-corrected chi connectivity index (χ1v) is 13.5. The number of carbonyl (C=O) groups is 1. The average Bonchev–Trinajstić information content (AvgIpc) is 3.44. The van der Waals surface area contributed by atoms with Gasteiger partial charge in [0.1, 0.15) is 24.0 Å². The van der Waals surface area contributed by atoms with E-state index in [9.17, 15) is 10.1 Å². The molecule has 42 heavy (non-hydrogen) atoms. The fourth-order valence-electron chi connectivity index (χ4n) is 3.90. The van der Waals surface area contributed by atoms with Crippen molar-refractivity contribution in [1.82, 2.24) is 30.3 Å². The smallest absolute Gasteiger partial charge is 0.407 e. The maximum Gasteiger partial charge on any atom is 0.407 e. The van der Waals surface area contributed by atoms with Crippen LogP contribution < -0.4 is 20.7 Å². The number of hydrogen-bond acceptors (Lipinski definition) is 11. The summed E-state index contributed by atoms with van der Waals surface area (Å²) in [4.78, 5) is 22.5. The molecule has 2 atom stereocenters. The SMILES string of the molecule is COCCOc1ncc(Nc2nc(N[C@H](CC(C)C)[C@H](C)NC(=O)OC(C)(C)C)c(F)cc2C#N)cc1-n1nccn1. The molecular weight excluding hydrogens is 545 g/mol. The molecule has 3 rings (SSSR count). The van der Waals surface area contributed by atoms with Crippen molar-refractivity contribution < 1.29 is 23.4 Å². The van der Waals surface area contributed by atoms with Crippen LogP contribution in [0.4, 0.5) is 26.5 Å². The molecule has 0 radical (unpaired) electrons. The van der Waals surface area contributed by atoms with E-state index in [2.05, 4.69) is 36.1 Å². The van der Waals surface area contributed by atoms with Crippen LogP contribution in [-0.4, -0.2) is 69.1 Å². The average molecular weight is 584 g/mol. The lowest BCUT2D eigenvalue weighted by Crippen LogP contribution is -2.47. The number of nitrogens with zero attached hydrogens (tertiary/aromatic N) is 6. The van der Waals surface area contributed by atoms with Crippen LogP contribution in [0.15, 0.2) is 30.7 Å². The van der Waals surface area contributed by atoms with Crippen LogP contribution in [0.3, 0.4) is 0 Å². The van der Waals surface area contributed by atoms with Crippen molar-refractivity contribution in [3.63, 3.8) is 0 Å². The zero-order valence-corrected chi connectivity index (χ0v) is 24.9. The van der Waals surface area contributed by atoms with E-state index >= 15 is 4.39 Å². The third-order valence-corrected chi connectivity index (χ3v) is 5.75. The van der Waals surface area contributed by atoms with Gasteiger partial charge < -0.3 is 30.2 Å². The van der Waals surface area contributed by atoms with Crippen LogP contribution in [0.2, 0.25) is 0 Å². The molecule has 0 saturated heterocycles. The first-order valence-electron chi connectivity index (χ1n) is 13.5. The van der Waals surface area contributed by atoms with Crippen molar-refractivity contribution in [3.8, 4) is 17.6 Å². The molecule has 0 spiro atoms. The number of aromatic nitrogens is 5. The Morgan fingerprint density at radius 1 is 1.14 bits per heavy atom. The molecule has 3 aromatic rings. The van der Waals surface area contributed by atoms with Crippen molar-refractivity contribution in [2.45, 2.75) is 65.6 Å². The van der Waals surface area contributed by atoms with Crippen LogP contribution in [-0.2, 0) is 9.47 Å². The number of rotatable bonds is 13. The minimum absolute atomic E-state index is 0.0161. The van der Waals surface area contributed by atoms with Gasteiger partial charge in [-0.25, -0.2) is 19.2 Å². The number of halogens is 1. The fraction of sp³-hybridized carbons (Fsp3) is 0.500. The third kappa shape index (κ3) is 9.27. The summed E-state index contributed by atoms with van der Waals surface area (Å²) < 4.78 is 31.3. The van der Waals surface area contributed by atoms with Gasteiger partial charge in [-0.2, -0.15) is 15.5 Å². The largest absolute Gasteiger partial charge is 0.474 e. The summed E-state index contributed by atoms with van der Waals surface area (Å²) in [6.45, 7) is 11.8. The van der Waals surface area contributed by atoms with Gasteiger partial charge in [-0.1, -0.05) is 13.8 Å². The van der Waals surface area contributed by atoms with Gasteiger partial charge in [0.25, 0.3) is 0 Å². The fourth-order valence-corrected chi connectivity index (χ4v) is 3.90. The highest BCUT2D eigenvalue weighted by Gasteiger charge is 2.25. The molecule has 0 unspecified atom stereocenters. The monoisotopic (exact) mass is 583 g/mol. The normalized spacial score (nSPS) is 12.8. The minimum Gasteiger partial charge on any atom is -0.474 e. The Bertz CT molecular complexity index is 1370. The lowest BCUT2D eigenvalue weighted by Gasteiger charge is -2.29. The Labute approximate surface area is 244 Å². The second-order valence-electron chi connectivity index (χ2n) is 11.0. The molecule has 1 amide bonds. The van der Waals surface area contributed by atoms with E-state index < -0.39 is 29.6 Å². The molecule has 0 fully saturated rings. The maximum atomic E-state index is 15.2. The number of pyridine rings is 2. The molecule has 0 bridgehead atoms. The Morgan fingerprint density at radius 2 is 1.86 bits per heavy atom. The molecule has 0 saturated carbocycles. The van der Waals surface area contributed by atoms with Gasteiger partial charge in [-0.05, 0) is 52.2 Å². The number of methoxy groups -OCH3 is 1.